The SMILES string of the molecule is CC(C)(C[C@@H]1C2[C@H]3C[C@@H](C[C@@H]1N3)CN2C(=O)CC(F)(F)F)C(=O)O. The number of carboxylic acid groups (broad SMARTS) is 1. The number of carbonyl (C=O) groups excluding carboxylic acids is 1. The fraction of sp³-hybridized carbons (Fsp3) is 0.875. The van der Waals surface area contributed by atoms with Gasteiger partial charge in [0, 0.05) is 18.6 Å². The number of hydrogen-bond acceptors (Lipinski definition) is 3. The summed E-state index contributed by atoms with van der Waals surface area (Å²) in [4.78, 5) is 25.1. The van der Waals surface area contributed by atoms with Crippen LogP contribution >= 0.6 is 0 Å². The highest BCUT2D eigenvalue weighted by Crippen LogP contribution is 2.47. The maximum Gasteiger partial charge on any atom is 0.397 e. The molecule has 0 radical (unpaired) electrons. The molecule has 3 saturated heterocycles. The average Bonchev–Trinajstić information content (AvgIpc) is 2.58. The van der Waals surface area contributed by atoms with Gasteiger partial charge in [-0.2, -0.15) is 13.2 Å². The van der Waals surface area contributed by atoms with E-state index in [0.717, 1.165) is 12.8 Å². The molecular weight excluding hydrogens is 325 g/mol. The van der Waals surface area contributed by atoms with Crippen LogP contribution < -0.4 is 5.32 Å². The molecule has 0 aromatic rings. The van der Waals surface area contributed by atoms with Crippen molar-refractivity contribution >= 4 is 11.9 Å². The first kappa shape index (κ1) is 17.5. The standard InChI is InChI=1S/C16H23F3N2O3/c1-15(2,14(23)24)5-9-10-3-8-4-11(20-10)13(9)21(7-8)12(22)6-16(17,18)19/h8-11,13,20H,3-7H2,1-2H3,(H,23,24)/t8-,9+,10+,11-,13?/m1/s1. The summed E-state index contributed by atoms with van der Waals surface area (Å²) in [7, 11) is 0. The lowest BCUT2D eigenvalue weighted by molar-refractivity contribution is -0.165. The van der Waals surface area contributed by atoms with Crippen molar-refractivity contribution in [2.24, 2.45) is 17.3 Å². The van der Waals surface area contributed by atoms with Crippen molar-refractivity contribution in [3.05, 3.63) is 0 Å². The average molecular weight is 348 g/mol. The van der Waals surface area contributed by atoms with Crippen LogP contribution in [0.15, 0.2) is 0 Å². The molecule has 5 atom stereocenters. The van der Waals surface area contributed by atoms with Gasteiger partial charge in [0.05, 0.1) is 11.5 Å². The normalized spacial score (nSPS) is 35.4. The van der Waals surface area contributed by atoms with Gasteiger partial charge in [0.25, 0.3) is 0 Å². The van der Waals surface area contributed by atoms with Crippen molar-refractivity contribution in [2.45, 2.75) is 63.8 Å². The number of carbonyl (C=O) groups is 2. The number of amides is 1. The van der Waals surface area contributed by atoms with Crippen LogP contribution in [0.5, 0.6) is 0 Å². The second kappa shape index (κ2) is 5.61. The lowest BCUT2D eigenvalue weighted by Crippen LogP contribution is -2.57. The molecule has 1 amide bonds. The summed E-state index contributed by atoms with van der Waals surface area (Å²) in [5.41, 5.74) is -0.972. The van der Waals surface area contributed by atoms with Crippen LogP contribution in [0.3, 0.4) is 0 Å². The van der Waals surface area contributed by atoms with E-state index in [4.69, 9.17) is 0 Å². The van der Waals surface area contributed by atoms with Crippen molar-refractivity contribution in [3.63, 3.8) is 0 Å². The zero-order valence-electron chi connectivity index (χ0n) is 13.8. The van der Waals surface area contributed by atoms with E-state index in [1.807, 2.05) is 0 Å². The van der Waals surface area contributed by atoms with Gasteiger partial charge in [-0.15, -0.1) is 0 Å². The van der Waals surface area contributed by atoms with Gasteiger partial charge in [0.15, 0.2) is 0 Å². The van der Waals surface area contributed by atoms with Crippen molar-refractivity contribution < 1.29 is 27.9 Å². The lowest BCUT2D eigenvalue weighted by atomic mass is 9.77. The molecule has 0 aromatic carbocycles. The summed E-state index contributed by atoms with van der Waals surface area (Å²) in [5.74, 6) is -1.73. The number of piperidine rings is 2. The van der Waals surface area contributed by atoms with E-state index in [1.165, 1.54) is 4.90 Å². The Balaban J connectivity index is 1.84. The lowest BCUT2D eigenvalue weighted by Gasteiger charge is -2.43. The van der Waals surface area contributed by atoms with Gasteiger partial charge in [-0.1, -0.05) is 0 Å². The number of halogens is 3. The van der Waals surface area contributed by atoms with Gasteiger partial charge in [-0.3, -0.25) is 9.59 Å². The molecule has 0 aromatic heterocycles. The summed E-state index contributed by atoms with van der Waals surface area (Å²) in [5, 5.41) is 12.8. The van der Waals surface area contributed by atoms with Crippen LogP contribution in [0.1, 0.15) is 39.5 Å². The second-order valence-electron chi connectivity index (χ2n) is 8.10. The molecule has 24 heavy (non-hydrogen) atoms. The summed E-state index contributed by atoms with van der Waals surface area (Å²) < 4.78 is 37.9. The highest BCUT2D eigenvalue weighted by atomic mass is 19.4. The van der Waals surface area contributed by atoms with E-state index in [1.54, 1.807) is 13.8 Å². The van der Waals surface area contributed by atoms with Gasteiger partial charge < -0.3 is 15.3 Å². The molecule has 3 rings (SSSR count). The zero-order valence-corrected chi connectivity index (χ0v) is 13.8. The Morgan fingerprint density at radius 2 is 1.83 bits per heavy atom. The van der Waals surface area contributed by atoms with Gasteiger partial charge in [0.1, 0.15) is 6.42 Å². The Hall–Kier alpha value is -1.31. The minimum atomic E-state index is -4.52. The molecule has 0 saturated carbocycles. The highest BCUT2D eigenvalue weighted by Gasteiger charge is 2.56. The summed E-state index contributed by atoms with van der Waals surface area (Å²) in [6, 6.07) is -0.266. The Morgan fingerprint density at radius 3 is 2.42 bits per heavy atom. The number of hydrogen-bond donors (Lipinski definition) is 2. The fourth-order valence-corrected chi connectivity index (χ4v) is 4.78. The zero-order chi connectivity index (χ0) is 17.9. The van der Waals surface area contributed by atoms with Crippen molar-refractivity contribution in [2.75, 3.05) is 6.54 Å². The van der Waals surface area contributed by atoms with E-state index >= 15 is 0 Å². The van der Waals surface area contributed by atoms with E-state index in [2.05, 4.69) is 5.32 Å². The Bertz CT molecular complexity index is 549. The van der Waals surface area contributed by atoms with Crippen LogP contribution in [-0.2, 0) is 9.59 Å². The van der Waals surface area contributed by atoms with Crippen molar-refractivity contribution in [1.29, 1.82) is 0 Å². The van der Waals surface area contributed by atoms with Crippen molar-refractivity contribution in [1.82, 2.24) is 10.2 Å². The third-order valence-corrected chi connectivity index (χ3v) is 5.78. The number of nitrogens with one attached hydrogen (secondary N) is 1. The predicted molar refractivity (Wildman–Crippen MR) is 79.1 cm³/mol. The molecule has 3 aliphatic heterocycles. The molecule has 3 fully saturated rings. The summed E-state index contributed by atoms with van der Waals surface area (Å²) in [6.45, 7) is 3.62. The molecule has 3 aliphatic rings. The number of likely N-dealkylation sites (tertiary alicyclic amines) is 1. The fourth-order valence-electron chi connectivity index (χ4n) is 4.78. The maximum atomic E-state index is 12.6. The molecule has 8 heteroatoms. The third-order valence-electron chi connectivity index (χ3n) is 5.78. The number of alkyl halides is 3. The Morgan fingerprint density at radius 1 is 1.21 bits per heavy atom. The summed E-state index contributed by atoms with van der Waals surface area (Å²) >= 11 is 0. The minimum Gasteiger partial charge on any atom is -0.481 e. The van der Waals surface area contributed by atoms with E-state index in [9.17, 15) is 27.9 Å². The highest BCUT2D eigenvalue weighted by molar-refractivity contribution is 5.78. The predicted octanol–water partition coefficient (Wildman–Crippen LogP) is 2.02. The van der Waals surface area contributed by atoms with Crippen LogP contribution in [-0.4, -0.2) is 52.7 Å². The number of nitrogens with zero attached hydrogens (tertiary/aromatic N) is 1. The maximum absolute atomic E-state index is 12.6. The van der Waals surface area contributed by atoms with E-state index in [-0.39, 0.29) is 30.0 Å². The number of carboxylic acids is 1. The van der Waals surface area contributed by atoms with Gasteiger partial charge in [0.2, 0.25) is 5.91 Å². The minimum absolute atomic E-state index is 0.0192. The molecule has 3 bridgehead atoms. The van der Waals surface area contributed by atoms with Crippen LogP contribution in [0, 0.1) is 17.3 Å². The smallest absolute Gasteiger partial charge is 0.397 e. The second-order valence-corrected chi connectivity index (χ2v) is 8.10. The topological polar surface area (TPSA) is 69.6 Å². The van der Waals surface area contributed by atoms with Crippen LogP contribution in [0.2, 0.25) is 0 Å². The number of rotatable bonds is 4. The van der Waals surface area contributed by atoms with Gasteiger partial charge >= 0.3 is 12.1 Å². The molecule has 0 aliphatic carbocycles. The largest absolute Gasteiger partial charge is 0.481 e. The Kier molecular flexibility index (Phi) is 4.09. The first-order valence-electron chi connectivity index (χ1n) is 8.33. The molecule has 3 heterocycles. The van der Waals surface area contributed by atoms with Crippen LogP contribution in [0.25, 0.3) is 0 Å². The number of aliphatic carboxylic acids is 1. The number of fused-ring (bicyclic) bond motifs is 2. The Labute approximate surface area is 138 Å². The molecule has 136 valence electrons. The first-order valence-corrected chi connectivity index (χ1v) is 8.33. The molecule has 5 nitrogen and oxygen atoms in total. The quantitative estimate of drug-likeness (QED) is 0.816. The van der Waals surface area contributed by atoms with E-state index in [0.29, 0.717) is 13.0 Å². The molecule has 0 spiro atoms. The molecule has 2 N–H and O–H groups in total. The third kappa shape index (κ3) is 3.12. The summed E-state index contributed by atoms with van der Waals surface area (Å²) in [6.07, 6.45) is -3.97. The van der Waals surface area contributed by atoms with Crippen LogP contribution in [0.4, 0.5) is 13.2 Å². The molecule has 1 unspecified atom stereocenters. The van der Waals surface area contributed by atoms with E-state index < -0.39 is 29.9 Å². The molecular formula is C16H23F3N2O3. The van der Waals surface area contributed by atoms with Gasteiger partial charge in [-0.05, 0) is 44.9 Å². The van der Waals surface area contributed by atoms with Crippen molar-refractivity contribution in [3.8, 4) is 0 Å². The monoisotopic (exact) mass is 348 g/mol. The first-order chi connectivity index (χ1) is 11.0. The van der Waals surface area contributed by atoms with Gasteiger partial charge in [-0.25, -0.2) is 0 Å².